The number of carbonyl (C=O) groups is 2. The summed E-state index contributed by atoms with van der Waals surface area (Å²) < 4.78 is 10.1. The van der Waals surface area contributed by atoms with E-state index in [4.69, 9.17) is 9.47 Å². The Bertz CT molecular complexity index is 460. The van der Waals surface area contributed by atoms with Gasteiger partial charge < -0.3 is 9.47 Å². The molecule has 0 radical (unpaired) electrons. The van der Waals surface area contributed by atoms with Crippen molar-refractivity contribution in [3.05, 3.63) is 35.4 Å². The second-order valence-electron chi connectivity index (χ2n) is 5.21. The molecule has 0 N–H and O–H groups in total. The number of rotatable bonds is 7. The second kappa shape index (κ2) is 7.20. The van der Waals surface area contributed by atoms with Crippen molar-refractivity contribution in [3.8, 4) is 0 Å². The minimum absolute atomic E-state index is 0.167. The maximum Gasteiger partial charge on any atom is 0.379 e. The highest BCUT2D eigenvalue weighted by Gasteiger charge is 2.18. The van der Waals surface area contributed by atoms with Crippen molar-refractivity contribution in [2.45, 2.75) is 39.2 Å². The van der Waals surface area contributed by atoms with E-state index in [-0.39, 0.29) is 12.2 Å². The van der Waals surface area contributed by atoms with Crippen molar-refractivity contribution in [3.63, 3.8) is 0 Å². The van der Waals surface area contributed by atoms with Crippen LogP contribution in [0.1, 0.15) is 43.1 Å². The first-order valence-corrected chi connectivity index (χ1v) is 6.75. The van der Waals surface area contributed by atoms with Crippen molar-refractivity contribution in [1.29, 1.82) is 0 Å². The molecule has 0 atom stereocenters. The third kappa shape index (κ3) is 4.78. The lowest BCUT2D eigenvalue weighted by Gasteiger charge is -2.22. The number of esters is 1. The van der Waals surface area contributed by atoms with Crippen LogP contribution in [0, 0.1) is 0 Å². The van der Waals surface area contributed by atoms with Gasteiger partial charge in [-0.25, -0.2) is 4.79 Å². The monoisotopic (exact) mass is 278 g/mol. The van der Waals surface area contributed by atoms with E-state index in [2.05, 4.69) is 0 Å². The summed E-state index contributed by atoms with van der Waals surface area (Å²) in [6, 6.07) is 7.04. The molecule has 20 heavy (non-hydrogen) atoms. The molecule has 0 bridgehead atoms. The lowest BCUT2D eigenvalue weighted by molar-refractivity contribution is -0.137. The standard InChI is InChI=1S/C16H22O4/c1-5-20-15(18)14(17)13-8-6-12(7-9-13)10-11-16(2,3)19-4/h6-9H,5,10-11H2,1-4H3. The summed E-state index contributed by atoms with van der Waals surface area (Å²) in [5, 5.41) is 0. The smallest absolute Gasteiger partial charge is 0.379 e. The first kappa shape index (κ1) is 16.4. The first-order chi connectivity index (χ1) is 9.39. The van der Waals surface area contributed by atoms with Gasteiger partial charge in [0.1, 0.15) is 0 Å². The van der Waals surface area contributed by atoms with Gasteiger partial charge in [0.25, 0.3) is 5.78 Å². The number of carbonyl (C=O) groups excluding carboxylic acids is 2. The normalized spacial score (nSPS) is 11.2. The van der Waals surface area contributed by atoms with Crippen molar-refractivity contribution < 1.29 is 19.1 Å². The molecular weight excluding hydrogens is 256 g/mol. The summed E-state index contributed by atoms with van der Waals surface area (Å²) in [6.07, 6.45) is 1.74. The fourth-order valence-electron chi connectivity index (χ4n) is 1.68. The molecule has 0 heterocycles. The fraction of sp³-hybridized carbons (Fsp3) is 0.500. The summed E-state index contributed by atoms with van der Waals surface area (Å²) in [6.45, 7) is 5.94. The molecule has 0 amide bonds. The third-order valence-corrected chi connectivity index (χ3v) is 3.25. The van der Waals surface area contributed by atoms with Gasteiger partial charge in [0, 0.05) is 12.7 Å². The highest BCUT2D eigenvalue weighted by molar-refractivity contribution is 6.40. The Morgan fingerprint density at radius 1 is 1.15 bits per heavy atom. The van der Waals surface area contributed by atoms with Gasteiger partial charge >= 0.3 is 5.97 Å². The van der Waals surface area contributed by atoms with Crippen LogP contribution in [0.3, 0.4) is 0 Å². The molecule has 0 fully saturated rings. The van der Waals surface area contributed by atoms with E-state index in [1.807, 2.05) is 26.0 Å². The van der Waals surface area contributed by atoms with E-state index in [0.717, 1.165) is 18.4 Å². The highest BCUT2D eigenvalue weighted by Crippen LogP contribution is 2.17. The summed E-state index contributed by atoms with van der Waals surface area (Å²) in [4.78, 5) is 23.1. The average molecular weight is 278 g/mol. The molecule has 0 aliphatic heterocycles. The SMILES string of the molecule is CCOC(=O)C(=O)c1ccc(CCC(C)(C)OC)cc1. The fourth-order valence-corrected chi connectivity index (χ4v) is 1.68. The van der Waals surface area contributed by atoms with E-state index in [1.165, 1.54) is 0 Å². The molecule has 1 aromatic carbocycles. The lowest BCUT2D eigenvalue weighted by atomic mass is 9.97. The zero-order chi connectivity index (χ0) is 15.2. The number of benzene rings is 1. The number of hydrogen-bond acceptors (Lipinski definition) is 4. The average Bonchev–Trinajstić information content (AvgIpc) is 2.45. The first-order valence-electron chi connectivity index (χ1n) is 6.75. The van der Waals surface area contributed by atoms with E-state index in [9.17, 15) is 9.59 Å². The van der Waals surface area contributed by atoms with Crippen molar-refractivity contribution in [1.82, 2.24) is 0 Å². The molecule has 0 saturated heterocycles. The number of ketones is 1. The number of Topliss-reactive ketones (excluding diaryl/α,β-unsaturated/α-hetero) is 1. The van der Waals surface area contributed by atoms with Crippen LogP contribution < -0.4 is 0 Å². The molecule has 0 saturated carbocycles. The van der Waals surface area contributed by atoms with Gasteiger partial charge in [0.15, 0.2) is 0 Å². The van der Waals surface area contributed by atoms with Gasteiger partial charge in [-0.15, -0.1) is 0 Å². The molecule has 0 unspecified atom stereocenters. The summed E-state index contributed by atoms with van der Waals surface area (Å²) >= 11 is 0. The van der Waals surface area contributed by atoms with Crippen LogP contribution >= 0.6 is 0 Å². The van der Waals surface area contributed by atoms with Gasteiger partial charge in [-0.2, -0.15) is 0 Å². The van der Waals surface area contributed by atoms with Gasteiger partial charge in [0.05, 0.1) is 12.2 Å². The largest absolute Gasteiger partial charge is 0.460 e. The third-order valence-electron chi connectivity index (χ3n) is 3.25. The number of aryl methyl sites for hydroxylation is 1. The van der Waals surface area contributed by atoms with Crippen LogP contribution in [0.15, 0.2) is 24.3 Å². The topological polar surface area (TPSA) is 52.6 Å². The van der Waals surface area contributed by atoms with Crippen LogP contribution in [0.2, 0.25) is 0 Å². The zero-order valence-corrected chi connectivity index (χ0v) is 12.6. The van der Waals surface area contributed by atoms with Crippen LogP contribution in [-0.2, 0) is 20.7 Å². The highest BCUT2D eigenvalue weighted by atomic mass is 16.5. The molecule has 1 rings (SSSR count). The number of methoxy groups -OCH3 is 1. The quantitative estimate of drug-likeness (QED) is 0.437. The maximum absolute atomic E-state index is 11.7. The van der Waals surface area contributed by atoms with Crippen molar-refractivity contribution in [2.75, 3.05) is 13.7 Å². The van der Waals surface area contributed by atoms with Crippen LogP contribution in [0.5, 0.6) is 0 Å². The van der Waals surface area contributed by atoms with E-state index in [1.54, 1.807) is 26.2 Å². The Morgan fingerprint density at radius 2 is 1.75 bits per heavy atom. The Morgan fingerprint density at radius 3 is 2.25 bits per heavy atom. The summed E-state index contributed by atoms with van der Waals surface area (Å²) in [7, 11) is 1.70. The Labute approximate surface area is 120 Å². The van der Waals surface area contributed by atoms with E-state index >= 15 is 0 Å². The molecule has 110 valence electrons. The van der Waals surface area contributed by atoms with Gasteiger partial charge in [-0.05, 0) is 39.2 Å². The van der Waals surface area contributed by atoms with Gasteiger partial charge in [-0.1, -0.05) is 24.3 Å². The van der Waals surface area contributed by atoms with Gasteiger partial charge in [0.2, 0.25) is 0 Å². The van der Waals surface area contributed by atoms with Crippen LogP contribution in [-0.4, -0.2) is 31.1 Å². The summed E-state index contributed by atoms with van der Waals surface area (Å²) in [5.41, 5.74) is 1.30. The molecule has 0 aromatic heterocycles. The molecule has 0 spiro atoms. The zero-order valence-electron chi connectivity index (χ0n) is 12.6. The molecular formula is C16H22O4. The number of hydrogen-bond donors (Lipinski definition) is 0. The lowest BCUT2D eigenvalue weighted by Crippen LogP contribution is -2.23. The second-order valence-corrected chi connectivity index (χ2v) is 5.21. The summed E-state index contributed by atoms with van der Waals surface area (Å²) in [5.74, 6) is -1.41. The molecule has 0 aliphatic carbocycles. The van der Waals surface area contributed by atoms with Crippen molar-refractivity contribution in [2.24, 2.45) is 0 Å². The minimum Gasteiger partial charge on any atom is -0.460 e. The van der Waals surface area contributed by atoms with Gasteiger partial charge in [-0.3, -0.25) is 4.79 Å². The minimum atomic E-state index is -0.805. The molecule has 0 aliphatic rings. The van der Waals surface area contributed by atoms with E-state index in [0.29, 0.717) is 5.56 Å². The Balaban J connectivity index is 2.65. The predicted octanol–water partition coefficient (Wildman–Crippen LogP) is 2.79. The molecule has 4 heteroatoms. The Hall–Kier alpha value is -1.68. The predicted molar refractivity (Wildman–Crippen MR) is 76.8 cm³/mol. The molecule has 4 nitrogen and oxygen atoms in total. The van der Waals surface area contributed by atoms with Crippen LogP contribution in [0.25, 0.3) is 0 Å². The number of ether oxygens (including phenoxy) is 2. The van der Waals surface area contributed by atoms with Crippen LogP contribution in [0.4, 0.5) is 0 Å². The maximum atomic E-state index is 11.7. The van der Waals surface area contributed by atoms with Crippen molar-refractivity contribution >= 4 is 11.8 Å². The Kier molecular flexibility index (Phi) is 5.89. The molecule has 1 aromatic rings. The van der Waals surface area contributed by atoms with E-state index < -0.39 is 11.8 Å².